The molecular formula is C23H38O8. The molecule has 3 aliphatic heterocycles. The molecule has 3 aliphatic rings. The van der Waals surface area contributed by atoms with E-state index in [0.29, 0.717) is 25.4 Å². The molecule has 3 fully saturated rings. The Hall–Kier alpha value is -1.22. The summed E-state index contributed by atoms with van der Waals surface area (Å²) >= 11 is 0. The van der Waals surface area contributed by atoms with Gasteiger partial charge in [-0.25, -0.2) is 4.79 Å². The third-order valence-corrected chi connectivity index (χ3v) is 6.91. The van der Waals surface area contributed by atoms with Gasteiger partial charge in [0.15, 0.2) is 24.6 Å². The second kappa shape index (κ2) is 8.96. The fourth-order valence-corrected chi connectivity index (χ4v) is 5.08. The molecule has 8 unspecified atom stereocenters. The molecule has 0 N–H and O–H groups in total. The van der Waals surface area contributed by atoms with Crippen molar-refractivity contribution >= 4 is 12.4 Å². The number of fused-ring (bicyclic) bond motifs is 3. The monoisotopic (exact) mass is 442 g/mol. The number of hydrogen-bond donors (Lipinski definition) is 0. The first-order valence-corrected chi connectivity index (χ1v) is 11.4. The van der Waals surface area contributed by atoms with Gasteiger partial charge in [0, 0.05) is 6.42 Å². The Kier molecular flexibility index (Phi) is 7.06. The smallest absolute Gasteiger partial charge is 0.338 e. The number of ether oxygens (including phenoxy) is 6. The molecule has 0 radical (unpaired) electrons. The highest BCUT2D eigenvalue weighted by molar-refractivity contribution is 5.78. The van der Waals surface area contributed by atoms with Gasteiger partial charge in [0.2, 0.25) is 5.79 Å². The predicted octanol–water partition coefficient (Wildman–Crippen LogP) is 3.21. The highest BCUT2D eigenvalue weighted by Gasteiger charge is 2.65. The number of hydrogen-bond acceptors (Lipinski definition) is 8. The number of carbonyl (C=O) groups excluding carboxylic acids is 2. The van der Waals surface area contributed by atoms with Crippen molar-refractivity contribution in [3.8, 4) is 0 Å². The fraction of sp³-hybridized carbons (Fsp3) is 0.913. The van der Waals surface area contributed by atoms with E-state index in [0.717, 1.165) is 12.8 Å². The van der Waals surface area contributed by atoms with Crippen molar-refractivity contribution in [2.24, 2.45) is 16.7 Å². The van der Waals surface area contributed by atoms with Crippen LogP contribution in [0.2, 0.25) is 0 Å². The van der Waals surface area contributed by atoms with E-state index in [-0.39, 0.29) is 17.4 Å². The lowest BCUT2D eigenvalue weighted by molar-refractivity contribution is -0.252. The van der Waals surface area contributed by atoms with Gasteiger partial charge in [-0.2, -0.15) is 0 Å². The summed E-state index contributed by atoms with van der Waals surface area (Å²) in [7, 11) is 0. The first-order chi connectivity index (χ1) is 14.5. The summed E-state index contributed by atoms with van der Waals surface area (Å²) in [5.74, 6) is -1.09. The molecule has 8 heteroatoms. The van der Waals surface area contributed by atoms with Gasteiger partial charge in [0.1, 0.15) is 12.7 Å². The van der Waals surface area contributed by atoms with Crippen molar-refractivity contribution in [1.82, 2.24) is 0 Å². The largest absolute Gasteiger partial charge is 0.462 e. The molecule has 0 aromatic rings. The summed E-state index contributed by atoms with van der Waals surface area (Å²) in [6, 6.07) is 0. The summed E-state index contributed by atoms with van der Waals surface area (Å²) in [5.41, 5.74) is 0.0479. The van der Waals surface area contributed by atoms with Crippen molar-refractivity contribution < 1.29 is 38.0 Å². The summed E-state index contributed by atoms with van der Waals surface area (Å²) in [5, 5.41) is 0. The van der Waals surface area contributed by atoms with E-state index in [1.54, 1.807) is 0 Å². The summed E-state index contributed by atoms with van der Waals surface area (Å²) in [4.78, 5) is 23.2. The normalized spacial score (nSPS) is 37.6. The van der Waals surface area contributed by atoms with Crippen LogP contribution < -0.4 is 0 Å². The summed E-state index contributed by atoms with van der Waals surface area (Å²) in [6.07, 6.45) is -0.811. The van der Waals surface area contributed by atoms with Crippen molar-refractivity contribution in [2.75, 3.05) is 13.2 Å². The van der Waals surface area contributed by atoms with E-state index < -0.39 is 42.5 Å². The Morgan fingerprint density at radius 3 is 2.42 bits per heavy atom. The van der Waals surface area contributed by atoms with Crippen LogP contribution in [0.1, 0.15) is 67.7 Å². The van der Waals surface area contributed by atoms with Gasteiger partial charge in [-0.1, -0.05) is 54.9 Å². The van der Waals surface area contributed by atoms with Crippen molar-refractivity contribution in [3.05, 3.63) is 0 Å². The molecule has 0 spiro atoms. The highest BCUT2D eigenvalue weighted by atomic mass is 16.9. The van der Waals surface area contributed by atoms with Crippen LogP contribution in [-0.2, 0) is 38.0 Å². The van der Waals surface area contributed by atoms with Crippen LogP contribution in [0, 0.1) is 16.7 Å². The standard InChI is InChI=1S/C23H38O8/c1-8-14(3)22(7,10-21(4,5)6)11-27-17-15-16(28-19(17)25)18-20(29-15)31-23(9-2,30-18)12-26-13-24/h13-18,20H,8-12H2,1-7H3. The lowest BCUT2D eigenvalue weighted by Gasteiger charge is -2.40. The lowest BCUT2D eigenvalue weighted by Crippen LogP contribution is -2.42. The molecule has 8 nitrogen and oxygen atoms in total. The van der Waals surface area contributed by atoms with Crippen molar-refractivity contribution in [3.63, 3.8) is 0 Å². The van der Waals surface area contributed by atoms with E-state index in [4.69, 9.17) is 28.4 Å². The fourth-order valence-electron chi connectivity index (χ4n) is 5.08. The van der Waals surface area contributed by atoms with E-state index in [9.17, 15) is 9.59 Å². The molecular weight excluding hydrogens is 404 g/mol. The molecule has 3 saturated heterocycles. The average molecular weight is 443 g/mol. The summed E-state index contributed by atoms with van der Waals surface area (Å²) in [6.45, 7) is 15.9. The molecule has 3 rings (SSSR count). The van der Waals surface area contributed by atoms with Gasteiger partial charge in [0.25, 0.3) is 6.47 Å². The predicted molar refractivity (Wildman–Crippen MR) is 111 cm³/mol. The van der Waals surface area contributed by atoms with E-state index >= 15 is 0 Å². The molecule has 8 atom stereocenters. The maximum atomic E-state index is 12.6. The zero-order valence-electron chi connectivity index (χ0n) is 19.8. The van der Waals surface area contributed by atoms with Gasteiger partial charge in [-0.3, -0.25) is 4.79 Å². The Morgan fingerprint density at radius 1 is 1.13 bits per heavy atom. The second-order valence-corrected chi connectivity index (χ2v) is 10.7. The van der Waals surface area contributed by atoms with Crippen LogP contribution in [0.15, 0.2) is 0 Å². The molecule has 0 bridgehead atoms. The summed E-state index contributed by atoms with van der Waals surface area (Å²) < 4.78 is 34.6. The van der Waals surface area contributed by atoms with E-state index in [1.165, 1.54) is 0 Å². The zero-order valence-corrected chi connectivity index (χ0v) is 19.8. The van der Waals surface area contributed by atoms with Crippen LogP contribution in [0.4, 0.5) is 0 Å². The first-order valence-electron chi connectivity index (χ1n) is 11.4. The Morgan fingerprint density at radius 2 is 1.84 bits per heavy atom. The molecule has 0 aromatic carbocycles. The Labute approximate surface area is 185 Å². The van der Waals surface area contributed by atoms with Gasteiger partial charge < -0.3 is 28.4 Å². The lowest BCUT2D eigenvalue weighted by atomic mass is 9.68. The van der Waals surface area contributed by atoms with Gasteiger partial charge in [-0.15, -0.1) is 0 Å². The third-order valence-electron chi connectivity index (χ3n) is 6.91. The Balaban J connectivity index is 1.67. The minimum atomic E-state index is -1.09. The molecule has 178 valence electrons. The quantitative estimate of drug-likeness (QED) is 0.376. The maximum absolute atomic E-state index is 12.6. The van der Waals surface area contributed by atoms with Crippen LogP contribution in [0.25, 0.3) is 0 Å². The van der Waals surface area contributed by atoms with Gasteiger partial charge in [0.05, 0.1) is 6.61 Å². The first kappa shape index (κ1) is 24.4. The van der Waals surface area contributed by atoms with Crippen LogP contribution in [-0.4, -0.2) is 62.1 Å². The van der Waals surface area contributed by atoms with Crippen molar-refractivity contribution in [2.45, 2.75) is 104 Å². The molecule has 0 aromatic heterocycles. The molecule has 0 saturated carbocycles. The van der Waals surface area contributed by atoms with Crippen LogP contribution in [0.5, 0.6) is 0 Å². The maximum Gasteiger partial charge on any atom is 0.338 e. The highest BCUT2D eigenvalue weighted by Crippen LogP contribution is 2.46. The second-order valence-electron chi connectivity index (χ2n) is 10.7. The third kappa shape index (κ3) is 4.92. The molecule has 0 aliphatic carbocycles. The minimum Gasteiger partial charge on any atom is -0.462 e. The molecule has 3 heterocycles. The SMILES string of the molecule is CCC(C)C(C)(COC1C(=O)OC2C3OC(CC)(COC=O)OC3OC12)CC(C)(C)C. The van der Waals surface area contributed by atoms with E-state index in [2.05, 4.69) is 41.5 Å². The number of carbonyl (C=O) groups is 2. The van der Waals surface area contributed by atoms with Crippen LogP contribution >= 0.6 is 0 Å². The van der Waals surface area contributed by atoms with E-state index in [1.807, 2.05) is 6.92 Å². The molecule has 0 amide bonds. The number of esters is 1. The number of rotatable bonds is 10. The van der Waals surface area contributed by atoms with Crippen LogP contribution in [0.3, 0.4) is 0 Å². The van der Waals surface area contributed by atoms with Gasteiger partial charge >= 0.3 is 5.97 Å². The zero-order chi connectivity index (χ0) is 23.0. The molecule has 31 heavy (non-hydrogen) atoms. The average Bonchev–Trinajstić information content (AvgIpc) is 3.30. The topological polar surface area (TPSA) is 89.5 Å². The van der Waals surface area contributed by atoms with Gasteiger partial charge in [-0.05, 0) is 23.2 Å². The Bertz CT molecular complexity index is 660. The minimum absolute atomic E-state index is 0.0469. The van der Waals surface area contributed by atoms with Crippen molar-refractivity contribution in [1.29, 1.82) is 0 Å².